The fourth-order valence-electron chi connectivity index (χ4n) is 0.638. The van der Waals surface area contributed by atoms with Crippen LogP contribution in [0.4, 0.5) is 4.79 Å². The zero-order valence-electron chi connectivity index (χ0n) is 5.97. The van der Waals surface area contributed by atoms with E-state index in [9.17, 15) is 9.00 Å². The highest BCUT2D eigenvalue weighted by atomic mass is 32.1. The van der Waals surface area contributed by atoms with E-state index in [1.165, 1.54) is 0 Å². The Morgan fingerprint density at radius 3 is 2.58 bits per heavy atom. The molecule has 0 heterocycles. The zero-order chi connectivity index (χ0) is 8.81. The van der Waals surface area contributed by atoms with Gasteiger partial charge in [0.15, 0.2) is 0 Å². The van der Waals surface area contributed by atoms with Crippen molar-refractivity contribution in [1.29, 1.82) is 0 Å². The number of carbonyl (C=O) groups is 1. The third kappa shape index (κ3) is 2.63. The Balaban J connectivity index is 2.64. The molecule has 0 bridgehead atoms. The fourth-order valence-corrected chi connectivity index (χ4v) is 0.737. The van der Waals surface area contributed by atoms with Crippen LogP contribution in [0.15, 0.2) is 34.7 Å². The summed E-state index contributed by atoms with van der Waals surface area (Å²) in [5.41, 5.74) is 0. The van der Waals surface area contributed by atoms with Crippen molar-refractivity contribution in [1.82, 2.24) is 0 Å². The standard InChI is InChI=1S/C7H5NO3S/c9-7(8-12-10)11-6-4-2-1-3-5-6/h1-5H. The smallest absolute Gasteiger partial charge is 0.408 e. The molecule has 0 N–H and O–H groups in total. The van der Waals surface area contributed by atoms with Gasteiger partial charge in [-0.25, -0.2) is 4.79 Å². The summed E-state index contributed by atoms with van der Waals surface area (Å²) in [6, 6.07) is 8.42. The summed E-state index contributed by atoms with van der Waals surface area (Å²) in [6.07, 6.45) is -0.888. The Morgan fingerprint density at radius 2 is 2.00 bits per heavy atom. The molecule has 0 unspecified atom stereocenters. The van der Waals surface area contributed by atoms with Gasteiger partial charge in [-0.05, 0) is 12.1 Å². The highest BCUT2D eigenvalue weighted by Gasteiger charge is 1.99. The van der Waals surface area contributed by atoms with Crippen LogP contribution in [0.25, 0.3) is 0 Å². The summed E-state index contributed by atoms with van der Waals surface area (Å²) in [5, 5.41) is 0. The van der Waals surface area contributed by atoms with Crippen molar-refractivity contribution in [3.05, 3.63) is 30.3 Å². The highest BCUT2D eigenvalue weighted by Crippen LogP contribution is 2.08. The highest BCUT2D eigenvalue weighted by molar-refractivity contribution is 7.55. The second-order valence-electron chi connectivity index (χ2n) is 1.85. The number of hydrogen-bond donors (Lipinski definition) is 0. The Kier molecular flexibility index (Phi) is 3.16. The van der Waals surface area contributed by atoms with E-state index in [0.717, 1.165) is 0 Å². The predicted octanol–water partition coefficient (Wildman–Crippen LogP) is 1.58. The number of ether oxygens (including phenoxy) is 1. The molecule has 4 nitrogen and oxygen atoms in total. The summed E-state index contributed by atoms with van der Waals surface area (Å²) >= 11 is -0.171. The van der Waals surface area contributed by atoms with Gasteiger partial charge in [-0.3, -0.25) is 0 Å². The molecule has 1 aromatic rings. The first kappa shape index (κ1) is 8.61. The number of rotatable bonds is 1. The van der Waals surface area contributed by atoms with Gasteiger partial charge in [0.2, 0.25) is 11.5 Å². The zero-order valence-corrected chi connectivity index (χ0v) is 6.78. The van der Waals surface area contributed by atoms with E-state index < -0.39 is 6.09 Å². The summed E-state index contributed by atoms with van der Waals surface area (Å²) in [4.78, 5) is 10.6. The molecule has 0 aliphatic rings. The topological polar surface area (TPSA) is 55.7 Å². The van der Waals surface area contributed by atoms with E-state index in [4.69, 9.17) is 0 Å². The second kappa shape index (κ2) is 4.40. The van der Waals surface area contributed by atoms with E-state index in [-0.39, 0.29) is 11.5 Å². The van der Waals surface area contributed by atoms with Crippen LogP contribution >= 0.6 is 0 Å². The maximum Gasteiger partial charge on any atom is 0.452 e. The van der Waals surface area contributed by atoms with E-state index in [1.807, 2.05) is 0 Å². The molecule has 62 valence electrons. The molecule has 0 saturated carbocycles. The van der Waals surface area contributed by atoms with Crippen LogP contribution in [0, 0.1) is 0 Å². The first-order valence-electron chi connectivity index (χ1n) is 3.10. The Morgan fingerprint density at radius 1 is 1.33 bits per heavy atom. The van der Waals surface area contributed by atoms with Gasteiger partial charge in [0.05, 0.1) is 0 Å². The van der Waals surface area contributed by atoms with Crippen molar-refractivity contribution in [3.8, 4) is 5.75 Å². The van der Waals surface area contributed by atoms with Gasteiger partial charge in [0.25, 0.3) is 0 Å². The number of hydrogen-bond acceptors (Lipinski definition) is 3. The maximum atomic E-state index is 10.6. The van der Waals surface area contributed by atoms with Crippen molar-refractivity contribution < 1.29 is 13.7 Å². The molecule has 0 fully saturated rings. The minimum atomic E-state index is -0.888. The van der Waals surface area contributed by atoms with E-state index in [2.05, 4.69) is 9.10 Å². The molecule has 0 radical (unpaired) electrons. The Hall–Kier alpha value is -1.49. The van der Waals surface area contributed by atoms with Crippen LogP contribution in [-0.2, 0) is 11.5 Å². The second-order valence-corrected chi connectivity index (χ2v) is 2.18. The minimum Gasteiger partial charge on any atom is -0.408 e. The Bertz CT molecular complexity index is 319. The summed E-state index contributed by atoms with van der Waals surface area (Å²) < 4.78 is 17.3. The molecule has 1 aromatic carbocycles. The lowest BCUT2D eigenvalue weighted by Gasteiger charge is -1.96. The number of nitrogens with zero attached hydrogens (tertiary/aromatic N) is 1. The molecule has 0 atom stereocenters. The van der Waals surface area contributed by atoms with Gasteiger partial charge in [0.1, 0.15) is 5.75 Å². The normalized spacial score (nSPS) is 8.67. The van der Waals surface area contributed by atoms with Gasteiger partial charge in [-0.2, -0.15) is 4.21 Å². The summed E-state index contributed by atoms with van der Waals surface area (Å²) in [6.45, 7) is 0. The molecule has 12 heavy (non-hydrogen) atoms. The van der Waals surface area contributed by atoms with Crippen LogP contribution in [0.3, 0.4) is 0 Å². The third-order valence-corrected chi connectivity index (χ3v) is 1.28. The first-order chi connectivity index (χ1) is 5.83. The first-order valence-corrected chi connectivity index (χ1v) is 3.79. The van der Waals surface area contributed by atoms with Gasteiger partial charge in [-0.1, -0.05) is 22.6 Å². The average molecular weight is 183 g/mol. The monoisotopic (exact) mass is 183 g/mol. The van der Waals surface area contributed by atoms with Crippen LogP contribution in [-0.4, -0.2) is 10.3 Å². The lowest BCUT2D eigenvalue weighted by molar-refractivity contribution is 0.212. The number of carbonyl (C=O) groups excluding carboxylic acids is 1. The third-order valence-electron chi connectivity index (χ3n) is 1.06. The lowest BCUT2D eigenvalue weighted by Crippen LogP contribution is -2.00. The van der Waals surface area contributed by atoms with Gasteiger partial charge in [-0.15, -0.1) is 0 Å². The van der Waals surface area contributed by atoms with Crippen LogP contribution < -0.4 is 4.74 Å². The van der Waals surface area contributed by atoms with Gasteiger partial charge < -0.3 is 4.74 Å². The molecule has 5 heteroatoms. The molecule has 0 aliphatic carbocycles. The molecule has 0 aromatic heterocycles. The lowest BCUT2D eigenvalue weighted by atomic mass is 10.3. The van der Waals surface area contributed by atoms with Crippen LogP contribution in [0.2, 0.25) is 0 Å². The van der Waals surface area contributed by atoms with E-state index in [1.54, 1.807) is 30.3 Å². The SMILES string of the molecule is O=S=NC(=O)Oc1ccccc1. The largest absolute Gasteiger partial charge is 0.452 e. The van der Waals surface area contributed by atoms with Crippen molar-refractivity contribution in [3.63, 3.8) is 0 Å². The molecule has 0 spiro atoms. The number of amides is 1. The van der Waals surface area contributed by atoms with Gasteiger partial charge >= 0.3 is 6.09 Å². The quantitative estimate of drug-likeness (QED) is 0.664. The van der Waals surface area contributed by atoms with Crippen LogP contribution in [0.5, 0.6) is 5.75 Å². The van der Waals surface area contributed by atoms with Crippen molar-refractivity contribution in [2.75, 3.05) is 0 Å². The molecular weight excluding hydrogens is 178 g/mol. The maximum absolute atomic E-state index is 10.6. The molecule has 0 aliphatic heterocycles. The molecule has 1 rings (SSSR count). The average Bonchev–Trinajstić information content (AvgIpc) is 2.06. The van der Waals surface area contributed by atoms with Gasteiger partial charge in [0, 0.05) is 0 Å². The predicted molar refractivity (Wildman–Crippen MR) is 43.0 cm³/mol. The molecule has 1 amide bonds. The Labute approximate surface area is 72.4 Å². The van der Waals surface area contributed by atoms with Crippen molar-refractivity contribution in [2.24, 2.45) is 4.36 Å². The summed E-state index contributed by atoms with van der Waals surface area (Å²) in [5.74, 6) is 0.375. The minimum absolute atomic E-state index is 0.171. The fraction of sp³-hybridized carbons (Fsp3) is 0. The number of benzene rings is 1. The van der Waals surface area contributed by atoms with E-state index in [0.29, 0.717) is 5.75 Å². The molecular formula is C7H5NO3S. The number of para-hydroxylation sites is 1. The summed E-state index contributed by atoms with van der Waals surface area (Å²) in [7, 11) is 0. The molecule has 0 saturated heterocycles. The van der Waals surface area contributed by atoms with Crippen molar-refractivity contribution >= 4 is 17.6 Å². The van der Waals surface area contributed by atoms with E-state index >= 15 is 0 Å². The van der Waals surface area contributed by atoms with Crippen molar-refractivity contribution in [2.45, 2.75) is 0 Å². The van der Waals surface area contributed by atoms with Crippen LogP contribution in [0.1, 0.15) is 0 Å².